The summed E-state index contributed by atoms with van der Waals surface area (Å²) in [6, 6.07) is 0. The van der Waals surface area contributed by atoms with E-state index in [4.69, 9.17) is 0 Å². The molecule has 0 heterocycles. The maximum absolute atomic E-state index is 13.8. The van der Waals surface area contributed by atoms with Gasteiger partial charge < -0.3 is 30.0 Å². The second-order valence-electron chi connectivity index (χ2n) is 9.63. The average molecular weight is 772 g/mol. The number of rotatable bonds is 19. The molecule has 0 bridgehead atoms. The summed E-state index contributed by atoms with van der Waals surface area (Å²) in [5.41, 5.74) is 0. The maximum Gasteiger partial charge on any atom is 1.00 e. The second-order valence-corrected chi connectivity index (χ2v) is 9.63. The number of aliphatic hydroxyl groups excluding tert-OH is 2. The second kappa shape index (κ2) is 17.8. The molecule has 8 nitrogen and oxygen atoms in total. The van der Waals surface area contributed by atoms with Crippen molar-refractivity contribution in [2.75, 3.05) is 39.3 Å². The fraction of sp³-hybridized carbons (Fsp3) is 0.900. The van der Waals surface area contributed by atoms with Gasteiger partial charge in [-0.25, -0.2) is 0 Å². The molecule has 0 amide bonds. The molecule has 0 rings (SSSR count). The minimum Gasteiger partial charge on any atom is -0.549 e. The normalized spacial score (nSPS) is 15.5. The molecule has 0 radical (unpaired) electrons. The Morgan fingerprint density at radius 3 is 0.917 bits per heavy atom. The molecule has 2 N–H and O–H groups in total. The molecule has 28 heteroatoms. The van der Waals surface area contributed by atoms with Crippen LogP contribution < -0.4 is 69.3 Å². The third kappa shape index (κ3) is 12.6. The molecule has 0 aliphatic heterocycles. The molecular formula is C20H20F18N2Na2O6. The van der Waals surface area contributed by atoms with Gasteiger partial charge in [-0.05, 0) is 0 Å². The monoisotopic (exact) mass is 772 g/mol. The number of aliphatic hydroxyl groups is 2. The Morgan fingerprint density at radius 2 is 0.729 bits per heavy atom. The van der Waals surface area contributed by atoms with Crippen LogP contribution in [0.4, 0.5) is 79.0 Å². The third-order valence-corrected chi connectivity index (χ3v) is 5.78. The van der Waals surface area contributed by atoms with Crippen molar-refractivity contribution in [2.45, 2.75) is 72.9 Å². The number of carboxylic acids is 2. The van der Waals surface area contributed by atoms with Crippen LogP contribution in [0.15, 0.2) is 0 Å². The maximum atomic E-state index is 13.8. The van der Waals surface area contributed by atoms with Gasteiger partial charge in [0.05, 0.1) is 24.1 Å². The van der Waals surface area contributed by atoms with Gasteiger partial charge in [-0.15, -0.1) is 0 Å². The fourth-order valence-corrected chi connectivity index (χ4v) is 3.51. The van der Waals surface area contributed by atoms with Crippen LogP contribution in [-0.2, 0) is 9.59 Å². The SMILES string of the molecule is O=C([O-])CN(CCN(CC(=O)[O-])CC(O)CC(F)(F)C(F)(F)C(F)(F)C(F)(F)F)CC(O)CC(F)(F)C(F)(F)C(F)(F)C(F)(F)F.[Na+].[Na+]. The van der Waals surface area contributed by atoms with Crippen molar-refractivity contribution < 1.29 is 168 Å². The van der Waals surface area contributed by atoms with Crippen LogP contribution in [0, 0.1) is 0 Å². The molecule has 2 unspecified atom stereocenters. The van der Waals surface area contributed by atoms with E-state index in [9.17, 15) is 109 Å². The van der Waals surface area contributed by atoms with Gasteiger partial charge in [-0.3, -0.25) is 9.80 Å². The largest absolute Gasteiger partial charge is 1.00 e. The first-order valence-electron chi connectivity index (χ1n) is 11.7. The summed E-state index contributed by atoms with van der Waals surface area (Å²) >= 11 is 0. The standard InChI is InChI=1S/C20H22F18N2O6.2Na/c21-13(22,15(25,26)17(29,30)19(33,34)35)3-9(41)5-39(7-11(43)44)1-2-40(8-12(45)46)6-10(42)4-14(23,24)16(27,28)18(31,32)20(36,37)38;;/h9-10,41-42H,1-8H2,(H,43,44)(H,45,46);;/q;2*+1/p-2. The Balaban J connectivity index is -0.0000101. The minimum atomic E-state index is -7.36. The molecule has 0 spiro atoms. The van der Waals surface area contributed by atoms with Crippen molar-refractivity contribution in [3.63, 3.8) is 0 Å². The van der Waals surface area contributed by atoms with Crippen molar-refractivity contribution >= 4 is 11.9 Å². The molecule has 0 aromatic carbocycles. The van der Waals surface area contributed by atoms with Crippen molar-refractivity contribution in [1.29, 1.82) is 0 Å². The van der Waals surface area contributed by atoms with Crippen molar-refractivity contribution in [3.05, 3.63) is 0 Å². The van der Waals surface area contributed by atoms with Gasteiger partial charge in [0.1, 0.15) is 0 Å². The van der Waals surface area contributed by atoms with E-state index >= 15 is 0 Å². The van der Waals surface area contributed by atoms with Crippen LogP contribution in [0.3, 0.4) is 0 Å². The Labute approximate surface area is 300 Å². The Hall–Kier alpha value is -0.480. The summed E-state index contributed by atoms with van der Waals surface area (Å²) in [6.07, 6.45) is -26.4. The Bertz CT molecular complexity index is 968. The van der Waals surface area contributed by atoms with E-state index in [1.807, 2.05) is 0 Å². The van der Waals surface area contributed by atoms with E-state index in [2.05, 4.69) is 0 Å². The third-order valence-electron chi connectivity index (χ3n) is 5.78. The Kier molecular flexibility index (Phi) is 19.3. The summed E-state index contributed by atoms with van der Waals surface area (Å²) in [4.78, 5) is 22.0. The number of carbonyl (C=O) groups is 2. The van der Waals surface area contributed by atoms with Crippen LogP contribution in [0.2, 0.25) is 0 Å². The predicted molar refractivity (Wildman–Crippen MR) is 106 cm³/mol. The van der Waals surface area contributed by atoms with E-state index < -0.39 is 124 Å². The van der Waals surface area contributed by atoms with Crippen molar-refractivity contribution in [1.82, 2.24) is 9.80 Å². The summed E-state index contributed by atoms with van der Waals surface area (Å²) in [5, 5.41) is 41.1. The zero-order valence-corrected chi connectivity index (χ0v) is 28.0. The molecule has 0 aliphatic rings. The van der Waals surface area contributed by atoms with Gasteiger partial charge in [-0.1, -0.05) is 0 Å². The fourth-order valence-electron chi connectivity index (χ4n) is 3.51. The quantitative estimate of drug-likeness (QED) is 0.0997. The van der Waals surface area contributed by atoms with Crippen LogP contribution in [0.1, 0.15) is 12.8 Å². The van der Waals surface area contributed by atoms with Gasteiger partial charge in [0, 0.05) is 52.1 Å². The number of aliphatic carboxylic acids is 2. The van der Waals surface area contributed by atoms with Crippen LogP contribution in [-0.4, -0.2) is 131 Å². The number of carboxylic acid groups (broad SMARTS) is 2. The van der Waals surface area contributed by atoms with Gasteiger partial charge in [0.15, 0.2) is 0 Å². The molecule has 0 saturated carbocycles. The van der Waals surface area contributed by atoms with E-state index in [-0.39, 0.29) is 68.9 Å². The van der Waals surface area contributed by atoms with E-state index in [1.54, 1.807) is 0 Å². The summed E-state index contributed by atoms with van der Waals surface area (Å²) < 4.78 is 234. The average Bonchev–Trinajstić information content (AvgIpc) is 2.78. The summed E-state index contributed by atoms with van der Waals surface area (Å²) in [6.45, 7) is -8.76. The number of hydrogen-bond acceptors (Lipinski definition) is 8. The Morgan fingerprint density at radius 1 is 0.500 bits per heavy atom. The number of halogens is 18. The molecule has 0 aromatic rings. The molecule has 0 fully saturated rings. The molecule has 2 atom stereocenters. The molecule has 274 valence electrons. The minimum absolute atomic E-state index is 0. The van der Waals surface area contributed by atoms with Crippen LogP contribution >= 0.6 is 0 Å². The zero-order valence-electron chi connectivity index (χ0n) is 24.0. The van der Waals surface area contributed by atoms with Gasteiger partial charge >= 0.3 is 107 Å². The van der Waals surface area contributed by atoms with Gasteiger partial charge in [0.25, 0.3) is 0 Å². The summed E-state index contributed by atoms with van der Waals surface area (Å²) in [5.74, 6) is -46.2. The predicted octanol–water partition coefficient (Wildman–Crippen LogP) is -4.46. The van der Waals surface area contributed by atoms with Crippen LogP contribution in [0.25, 0.3) is 0 Å². The molecule has 0 aliphatic carbocycles. The topological polar surface area (TPSA) is 127 Å². The number of alkyl halides is 18. The smallest absolute Gasteiger partial charge is 0.549 e. The van der Waals surface area contributed by atoms with Gasteiger partial charge in [0.2, 0.25) is 0 Å². The van der Waals surface area contributed by atoms with Crippen molar-refractivity contribution in [3.8, 4) is 0 Å². The van der Waals surface area contributed by atoms with Gasteiger partial charge in [-0.2, -0.15) is 79.0 Å². The molecule has 0 aromatic heterocycles. The van der Waals surface area contributed by atoms with E-state index in [0.717, 1.165) is 0 Å². The zero-order chi connectivity index (χ0) is 37.1. The molecular weight excluding hydrogens is 752 g/mol. The summed E-state index contributed by atoms with van der Waals surface area (Å²) in [7, 11) is 0. The first-order chi connectivity index (χ1) is 20.1. The first-order valence-corrected chi connectivity index (χ1v) is 11.7. The number of carbonyl (C=O) groups excluding carboxylic acids is 2. The van der Waals surface area contributed by atoms with Crippen LogP contribution in [0.5, 0.6) is 0 Å². The number of hydrogen-bond donors (Lipinski definition) is 2. The van der Waals surface area contributed by atoms with Crippen molar-refractivity contribution in [2.24, 2.45) is 0 Å². The van der Waals surface area contributed by atoms with E-state index in [1.165, 1.54) is 0 Å². The first kappa shape index (κ1) is 51.9. The molecule has 48 heavy (non-hydrogen) atoms. The van der Waals surface area contributed by atoms with E-state index in [0.29, 0.717) is 0 Å². The number of nitrogens with zero attached hydrogens (tertiary/aromatic N) is 2. The molecule has 0 saturated heterocycles.